The molecule has 1 heterocycles. The van der Waals surface area contributed by atoms with E-state index in [1.807, 2.05) is 0 Å². The van der Waals surface area contributed by atoms with E-state index in [2.05, 4.69) is 5.16 Å². The monoisotopic (exact) mass is 181 g/mol. The van der Waals surface area contributed by atoms with Gasteiger partial charge < -0.3 is 4.52 Å². The number of fused-ring (bicyclic) bond motifs is 1. The van der Waals surface area contributed by atoms with Gasteiger partial charge in [0.15, 0.2) is 11.9 Å². The Kier molecular flexibility index (Phi) is 1.59. The predicted octanol–water partition coefficient (Wildman–Crippen LogP) is 2.29. The SMILES string of the molecule is O=Cc1ccc2oncc2c1Cl. The van der Waals surface area contributed by atoms with Gasteiger partial charge >= 0.3 is 0 Å². The normalized spacial score (nSPS) is 10.4. The number of carbonyl (C=O) groups is 1. The van der Waals surface area contributed by atoms with Crippen LogP contribution in [0.2, 0.25) is 5.02 Å². The summed E-state index contributed by atoms with van der Waals surface area (Å²) in [6.45, 7) is 0. The van der Waals surface area contributed by atoms with Crippen molar-refractivity contribution in [3.63, 3.8) is 0 Å². The zero-order chi connectivity index (χ0) is 8.55. The number of hydrogen-bond acceptors (Lipinski definition) is 3. The third-order valence-corrected chi connectivity index (χ3v) is 2.05. The summed E-state index contributed by atoms with van der Waals surface area (Å²) in [6.07, 6.45) is 2.19. The summed E-state index contributed by atoms with van der Waals surface area (Å²) in [4.78, 5) is 10.5. The van der Waals surface area contributed by atoms with E-state index in [1.165, 1.54) is 6.20 Å². The van der Waals surface area contributed by atoms with Crippen molar-refractivity contribution < 1.29 is 9.32 Å². The number of halogens is 1. The third kappa shape index (κ3) is 0.905. The molecule has 0 bridgehead atoms. The van der Waals surface area contributed by atoms with Gasteiger partial charge in [-0.3, -0.25) is 4.79 Å². The first-order valence-corrected chi connectivity index (χ1v) is 3.69. The number of rotatable bonds is 1. The first-order chi connectivity index (χ1) is 5.83. The molecule has 0 N–H and O–H groups in total. The lowest BCUT2D eigenvalue weighted by atomic mass is 10.2. The molecular formula is C8H4ClNO2. The van der Waals surface area contributed by atoms with Crippen LogP contribution in [-0.4, -0.2) is 11.4 Å². The van der Waals surface area contributed by atoms with Crippen molar-refractivity contribution >= 4 is 28.9 Å². The summed E-state index contributed by atoms with van der Waals surface area (Å²) in [5.74, 6) is 0. The van der Waals surface area contributed by atoms with Crippen molar-refractivity contribution in [1.29, 1.82) is 0 Å². The van der Waals surface area contributed by atoms with Gasteiger partial charge in [0.25, 0.3) is 0 Å². The molecule has 3 nitrogen and oxygen atoms in total. The van der Waals surface area contributed by atoms with Crippen LogP contribution in [0, 0.1) is 0 Å². The number of aldehydes is 1. The van der Waals surface area contributed by atoms with Gasteiger partial charge in [0.2, 0.25) is 0 Å². The molecule has 12 heavy (non-hydrogen) atoms. The molecule has 0 aliphatic rings. The van der Waals surface area contributed by atoms with Crippen molar-refractivity contribution in [2.45, 2.75) is 0 Å². The number of carbonyl (C=O) groups excluding carboxylic acids is 1. The van der Waals surface area contributed by atoms with Crippen molar-refractivity contribution in [2.24, 2.45) is 0 Å². The molecule has 0 amide bonds. The summed E-state index contributed by atoms with van der Waals surface area (Å²) >= 11 is 5.85. The Balaban J connectivity index is 2.86. The fraction of sp³-hybridized carbons (Fsp3) is 0. The Morgan fingerprint density at radius 2 is 2.33 bits per heavy atom. The van der Waals surface area contributed by atoms with Crippen LogP contribution in [0.3, 0.4) is 0 Å². The first kappa shape index (κ1) is 7.31. The Labute approximate surface area is 72.9 Å². The van der Waals surface area contributed by atoms with Crippen LogP contribution in [0.4, 0.5) is 0 Å². The van der Waals surface area contributed by atoms with Crippen molar-refractivity contribution in [1.82, 2.24) is 5.16 Å². The fourth-order valence-electron chi connectivity index (χ4n) is 1.02. The number of aromatic nitrogens is 1. The molecule has 4 heteroatoms. The quantitative estimate of drug-likeness (QED) is 0.634. The van der Waals surface area contributed by atoms with E-state index in [1.54, 1.807) is 12.1 Å². The highest BCUT2D eigenvalue weighted by Crippen LogP contribution is 2.25. The Hall–Kier alpha value is -1.35. The zero-order valence-electron chi connectivity index (χ0n) is 5.95. The molecule has 0 spiro atoms. The second-order valence-electron chi connectivity index (χ2n) is 2.32. The molecule has 0 saturated carbocycles. The van der Waals surface area contributed by atoms with E-state index in [0.717, 1.165) is 0 Å². The Bertz CT molecular complexity index is 436. The lowest BCUT2D eigenvalue weighted by molar-refractivity contribution is 0.112. The predicted molar refractivity (Wildman–Crippen MR) is 44.4 cm³/mol. The smallest absolute Gasteiger partial charge is 0.168 e. The van der Waals surface area contributed by atoms with Gasteiger partial charge in [-0.2, -0.15) is 0 Å². The summed E-state index contributed by atoms with van der Waals surface area (Å²) in [5, 5.41) is 4.62. The summed E-state index contributed by atoms with van der Waals surface area (Å²) < 4.78 is 4.85. The largest absolute Gasteiger partial charge is 0.356 e. The van der Waals surface area contributed by atoms with Crippen LogP contribution in [0.5, 0.6) is 0 Å². The Morgan fingerprint density at radius 3 is 3.08 bits per heavy atom. The molecule has 0 radical (unpaired) electrons. The Morgan fingerprint density at radius 1 is 1.50 bits per heavy atom. The van der Waals surface area contributed by atoms with Gasteiger partial charge in [-0.05, 0) is 12.1 Å². The highest BCUT2D eigenvalue weighted by atomic mass is 35.5. The minimum absolute atomic E-state index is 0.392. The van der Waals surface area contributed by atoms with Crippen molar-refractivity contribution in [2.75, 3.05) is 0 Å². The lowest BCUT2D eigenvalue weighted by Crippen LogP contribution is -1.80. The van der Waals surface area contributed by atoms with Crippen LogP contribution in [0.15, 0.2) is 22.9 Å². The average Bonchev–Trinajstić information content (AvgIpc) is 2.53. The van der Waals surface area contributed by atoms with Crippen LogP contribution < -0.4 is 0 Å². The van der Waals surface area contributed by atoms with Gasteiger partial charge in [0.1, 0.15) is 0 Å². The molecule has 1 aromatic carbocycles. The number of benzene rings is 1. The van der Waals surface area contributed by atoms with E-state index >= 15 is 0 Å². The van der Waals surface area contributed by atoms with Gasteiger partial charge in [-0.1, -0.05) is 16.8 Å². The molecule has 0 saturated heterocycles. The molecule has 2 aromatic rings. The van der Waals surface area contributed by atoms with Crippen LogP contribution >= 0.6 is 11.6 Å². The molecule has 0 aliphatic carbocycles. The molecule has 60 valence electrons. The van der Waals surface area contributed by atoms with E-state index in [0.29, 0.717) is 27.8 Å². The maximum atomic E-state index is 10.5. The van der Waals surface area contributed by atoms with Gasteiger partial charge in [-0.25, -0.2) is 0 Å². The van der Waals surface area contributed by atoms with E-state index in [4.69, 9.17) is 16.1 Å². The molecule has 2 rings (SSSR count). The summed E-state index contributed by atoms with van der Waals surface area (Å²) in [5.41, 5.74) is 1.04. The topological polar surface area (TPSA) is 43.1 Å². The minimum atomic E-state index is 0.392. The van der Waals surface area contributed by atoms with Gasteiger partial charge in [0.05, 0.1) is 16.6 Å². The highest BCUT2D eigenvalue weighted by molar-refractivity contribution is 6.37. The maximum Gasteiger partial charge on any atom is 0.168 e. The second-order valence-corrected chi connectivity index (χ2v) is 2.70. The molecule has 1 aromatic heterocycles. The lowest BCUT2D eigenvalue weighted by Gasteiger charge is -1.93. The summed E-state index contributed by atoms with van der Waals surface area (Å²) in [6, 6.07) is 3.26. The number of nitrogens with zero attached hydrogens (tertiary/aromatic N) is 1. The van der Waals surface area contributed by atoms with E-state index < -0.39 is 0 Å². The molecule has 0 aliphatic heterocycles. The first-order valence-electron chi connectivity index (χ1n) is 3.31. The molecule has 0 unspecified atom stereocenters. The summed E-state index contributed by atoms with van der Waals surface area (Å²) in [7, 11) is 0. The van der Waals surface area contributed by atoms with E-state index in [-0.39, 0.29) is 0 Å². The van der Waals surface area contributed by atoms with Crippen molar-refractivity contribution in [3.8, 4) is 0 Å². The van der Waals surface area contributed by atoms with Crippen LogP contribution in [-0.2, 0) is 0 Å². The molecule has 0 fully saturated rings. The van der Waals surface area contributed by atoms with Crippen LogP contribution in [0.1, 0.15) is 10.4 Å². The zero-order valence-corrected chi connectivity index (χ0v) is 6.71. The van der Waals surface area contributed by atoms with E-state index in [9.17, 15) is 4.79 Å². The third-order valence-electron chi connectivity index (χ3n) is 1.63. The second kappa shape index (κ2) is 2.60. The highest BCUT2D eigenvalue weighted by Gasteiger charge is 2.06. The fourth-order valence-corrected chi connectivity index (χ4v) is 1.27. The minimum Gasteiger partial charge on any atom is -0.356 e. The number of hydrogen-bond donors (Lipinski definition) is 0. The average molecular weight is 182 g/mol. The maximum absolute atomic E-state index is 10.5. The molecular weight excluding hydrogens is 178 g/mol. The standard InChI is InChI=1S/C8H4ClNO2/c9-8-5(4-11)1-2-7-6(8)3-10-12-7/h1-4H. The van der Waals surface area contributed by atoms with Crippen LogP contribution in [0.25, 0.3) is 11.0 Å². The molecule has 0 atom stereocenters. The van der Waals surface area contributed by atoms with Crippen molar-refractivity contribution in [3.05, 3.63) is 28.9 Å². The van der Waals surface area contributed by atoms with Gasteiger partial charge in [0, 0.05) is 5.56 Å². The van der Waals surface area contributed by atoms with Gasteiger partial charge in [-0.15, -0.1) is 0 Å².